The summed E-state index contributed by atoms with van der Waals surface area (Å²) in [4.78, 5) is 39.4. The maximum absolute atomic E-state index is 14.8. The molecule has 1 aliphatic heterocycles. The van der Waals surface area contributed by atoms with Gasteiger partial charge < -0.3 is 15.5 Å². The Morgan fingerprint density at radius 3 is 1.87 bits per heavy atom. The van der Waals surface area contributed by atoms with Gasteiger partial charge in [0, 0.05) is 24.2 Å². The van der Waals surface area contributed by atoms with Gasteiger partial charge in [0.05, 0.1) is 54.5 Å². The molecule has 4 aromatic heterocycles. The molecule has 60 heavy (non-hydrogen) atoms. The quantitative estimate of drug-likeness (QED) is 0.129. The van der Waals surface area contributed by atoms with Crippen molar-refractivity contribution in [2.45, 2.75) is 30.8 Å². The molecule has 0 atom stereocenters. The molecule has 1 aliphatic rings. The first-order valence-electron chi connectivity index (χ1n) is 18.0. The summed E-state index contributed by atoms with van der Waals surface area (Å²) < 4.78 is 42.4. The van der Waals surface area contributed by atoms with Gasteiger partial charge in [0.15, 0.2) is 0 Å². The molecule has 21 heteroatoms. The van der Waals surface area contributed by atoms with Crippen LogP contribution in [0.4, 0.5) is 4.39 Å². The van der Waals surface area contributed by atoms with E-state index >= 15 is 0 Å². The van der Waals surface area contributed by atoms with E-state index in [2.05, 4.69) is 31.3 Å². The van der Waals surface area contributed by atoms with Crippen LogP contribution in [0.2, 0.25) is 8.67 Å². The lowest BCUT2D eigenvalue weighted by atomic mass is 10.1. The van der Waals surface area contributed by atoms with Gasteiger partial charge in [-0.3, -0.25) is 14.4 Å². The average Bonchev–Trinajstić information content (AvgIpc) is 4.10. The summed E-state index contributed by atoms with van der Waals surface area (Å²) in [5.74, 6) is -1.07. The minimum atomic E-state index is -3.98. The van der Waals surface area contributed by atoms with E-state index in [9.17, 15) is 27.2 Å². The standard InChI is InChI=1S/C20H15ClFN5O3S2.C19H18ClN5O2S/c21-19-8-7-17(31-19)20(28)24-10-13-11-27(26-25-13)16-6-5-12(9-15(16)22)14-3-1-2-4-18(14)32(23,29)30;20-17-8-7-16(28-17)18(26)21-11-14-12-25(23-22-14)15-5-3-13(4-6-15)19(27)24-9-1-2-10-24/h1-9,11H,10H2,(H,24,28)(H2,23,29,30);3-8,12H,1-2,9-11H2,(H,21,26). The van der Waals surface area contributed by atoms with Gasteiger partial charge in [0.2, 0.25) is 10.0 Å². The predicted octanol–water partition coefficient (Wildman–Crippen LogP) is 6.51. The van der Waals surface area contributed by atoms with Crippen LogP contribution >= 0.6 is 45.9 Å². The second-order valence-corrected chi connectivity index (χ2v) is 18.1. The number of likely N-dealkylation sites (tertiary alicyclic amines) is 1. The third-order valence-corrected chi connectivity index (χ3v) is 12.4. The summed E-state index contributed by atoms with van der Waals surface area (Å²) in [7, 11) is -3.98. The zero-order chi connectivity index (χ0) is 42.4. The maximum Gasteiger partial charge on any atom is 0.261 e. The number of sulfonamides is 1. The van der Waals surface area contributed by atoms with Crippen molar-refractivity contribution < 1.29 is 27.2 Å². The molecule has 15 nitrogen and oxygen atoms in total. The number of hydrogen-bond donors (Lipinski definition) is 3. The largest absolute Gasteiger partial charge is 0.346 e. The number of primary sulfonamides is 1. The van der Waals surface area contributed by atoms with Crippen LogP contribution in [0.15, 0.2) is 108 Å². The van der Waals surface area contributed by atoms with E-state index in [1.54, 1.807) is 65.5 Å². The molecule has 0 bridgehead atoms. The van der Waals surface area contributed by atoms with Crippen LogP contribution in [-0.4, -0.2) is 74.1 Å². The first-order valence-corrected chi connectivity index (χ1v) is 22.0. The van der Waals surface area contributed by atoms with Crippen molar-refractivity contribution in [3.63, 3.8) is 0 Å². The SMILES string of the molecule is NS(=O)(=O)c1ccccc1-c1ccc(-n2cc(CNC(=O)c3ccc(Cl)s3)nn2)c(F)c1.O=C(NCc1cn(-c2ccc(C(=O)N3CCCC3)cc2)nn1)c1ccc(Cl)s1. The summed E-state index contributed by atoms with van der Waals surface area (Å²) in [6, 6.07) is 24.2. The lowest BCUT2D eigenvalue weighted by Gasteiger charge is -2.15. The number of carbonyl (C=O) groups excluding carboxylic acids is 3. The van der Waals surface area contributed by atoms with Crippen molar-refractivity contribution in [1.29, 1.82) is 0 Å². The van der Waals surface area contributed by atoms with Crippen molar-refractivity contribution in [3.8, 4) is 22.5 Å². The molecule has 7 aromatic rings. The molecule has 3 aromatic carbocycles. The third kappa shape index (κ3) is 10.3. The van der Waals surface area contributed by atoms with Crippen molar-refractivity contribution in [1.82, 2.24) is 45.5 Å². The van der Waals surface area contributed by atoms with Crippen molar-refractivity contribution in [3.05, 3.63) is 145 Å². The monoisotopic (exact) mass is 906 g/mol. The molecule has 8 rings (SSSR count). The minimum absolute atomic E-state index is 0.0692. The molecule has 0 saturated carbocycles. The van der Waals surface area contributed by atoms with Crippen LogP contribution in [0.1, 0.15) is 53.9 Å². The average molecular weight is 908 g/mol. The van der Waals surface area contributed by atoms with Gasteiger partial charge in [-0.1, -0.05) is 57.9 Å². The number of thiophene rings is 2. The van der Waals surface area contributed by atoms with Crippen molar-refractivity contribution in [2.75, 3.05) is 13.1 Å². The summed E-state index contributed by atoms with van der Waals surface area (Å²) in [5.41, 5.74) is 3.27. The fourth-order valence-corrected chi connectivity index (χ4v) is 8.74. The molecular weight excluding hydrogens is 875 g/mol. The van der Waals surface area contributed by atoms with Gasteiger partial charge in [-0.2, -0.15) is 0 Å². The Morgan fingerprint density at radius 1 is 0.750 bits per heavy atom. The van der Waals surface area contributed by atoms with Crippen LogP contribution in [0, 0.1) is 5.82 Å². The molecule has 308 valence electrons. The van der Waals surface area contributed by atoms with Gasteiger partial charge in [-0.15, -0.1) is 32.9 Å². The van der Waals surface area contributed by atoms with E-state index in [-0.39, 0.29) is 47.0 Å². The van der Waals surface area contributed by atoms with E-state index in [0.717, 1.165) is 43.0 Å². The number of amides is 3. The highest BCUT2D eigenvalue weighted by Gasteiger charge is 2.20. The van der Waals surface area contributed by atoms with E-state index in [1.165, 1.54) is 46.5 Å². The number of nitrogens with two attached hydrogens (primary N) is 1. The van der Waals surface area contributed by atoms with E-state index in [1.807, 2.05) is 17.0 Å². The van der Waals surface area contributed by atoms with Crippen LogP contribution in [0.25, 0.3) is 22.5 Å². The first kappa shape index (κ1) is 42.3. The molecule has 1 saturated heterocycles. The summed E-state index contributed by atoms with van der Waals surface area (Å²) >= 11 is 14.1. The Bertz CT molecular complexity index is 2780. The number of nitrogens with one attached hydrogen (secondary N) is 2. The molecule has 5 heterocycles. The number of nitrogens with zero attached hydrogens (tertiary/aromatic N) is 7. The van der Waals surface area contributed by atoms with Gasteiger partial charge >= 0.3 is 0 Å². The molecule has 1 fully saturated rings. The fraction of sp³-hybridized carbons (Fsp3) is 0.154. The maximum atomic E-state index is 14.8. The molecule has 4 N–H and O–H groups in total. The molecule has 0 aliphatic carbocycles. The molecule has 0 radical (unpaired) electrons. The molecule has 0 unspecified atom stereocenters. The lowest BCUT2D eigenvalue weighted by Crippen LogP contribution is -2.27. The van der Waals surface area contributed by atoms with Crippen LogP contribution < -0.4 is 15.8 Å². The highest BCUT2D eigenvalue weighted by atomic mass is 35.5. The summed E-state index contributed by atoms with van der Waals surface area (Å²) in [6.07, 6.45) is 5.38. The zero-order valence-corrected chi connectivity index (χ0v) is 35.1. The number of hydrogen-bond acceptors (Lipinski definition) is 11. The smallest absolute Gasteiger partial charge is 0.261 e. The number of benzene rings is 3. The number of aromatic nitrogens is 6. The summed E-state index contributed by atoms with van der Waals surface area (Å²) in [6.45, 7) is 2.02. The molecule has 3 amide bonds. The molecule has 0 spiro atoms. The lowest BCUT2D eigenvalue weighted by molar-refractivity contribution is 0.0792. The fourth-order valence-electron chi connectivity index (χ4n) is 6.06. The Kier molecular flexibility index (Phi) is 13.1. The number of halogens is 3. The molecular formula is C39H33Cl2FN10O5S3. The third-order valence-electron chi connectivity index (χ3n) is 9.01. The Hall–Kier alpha value is -5.83. The van der Waals surface area contributed by atoms with Gasteiger partial charge in [-0.25, -0.2) is 27.3 Å². The van der Waals surface area contributed by atoms with E-state index < -0.39 is 15.8 Å². The second kappa shape index (κ2) is 18.6. The van der Waals surface area contributed by atoms with Crippen LogP contribution in [0.5, 0.6) is 0 Å². The predicted molar refractivity (Wildman–Crippen MR) is 226 cm³/mol. The summed E-state index contributed by atoms with van der Waals surface area (Å²) in [5, 5.41) is 26.8. The van der Waals surface area contributed by atoms with E-state index in [4.69, 9.17) is 28.3 Å². The van der Waals surface area contributed by atoms with Crippen LogP contribution in [0.3, 0.4) is 0 Å². The highest BCUT2D eigenvalue weighted by Crippen LogP contribution is 2.29. The Balaban J connectivity index is 0.000000183. The normalized spacial score (nSPS) is 12.5. The Labute approximate surface area is 360 Å². The van der Waals surface area contributed by atoms with Crippen molar-refractivity contribution >= 4 is 73.6 Å². The van der Waals surface area contributed by atoms with E-state index in [0.29, 0.717) is 40.9 Å². The van der Waals surface area contributed by atoms with Crippen LogP contribution in [-0.2, 0) is 23.1 Å². The van der Waals surface area contributed by atoms with Crippen molar-refractivity contribution in [2.24, 2.45) is 5.14 Å². The Morgan fingerprint density at radius 2 is 1.32 bits per heavy atom. The van der Waals surface area contributed by atoms with Gasteiger partial charge in [-0.05, 0) is 85.1 Å². The topological polar surface area (TPSA) is 200 Å². The van der Waals surface area contributed by atoms with Gasteiger partial charge in [0.1, 0.15) is 22.9 Å². The van der Waals surface area contributed by atoms with Gasteiger partial charge in [0.25, 0.3) is 17.7 Å². The number of carbonyl (C=O) groups is 3. The first-order chi connectivity index (χ1) is 28.8. The minimum Gasteiger partial charge on any atom is -0.346 e. The second-order valence-electron chi connectivity index (χ2n) is 13.1. The highest BCUT2D eigenvalue weighted by molar-refractivity contribution is 7.89. The zero-order valence-electron chi connectivity index (χ0n) is 31.2. The number of rotatable bonds is 11.